The third kappa shape index (κ3) is 6.72. The highest BCUT2D eigenvalue weighted by molar-refractivity contribution is 5.95. The van der Waals surface area contributed by atoms with Crippen LogP contribution in [0.15, 0.2) is 40.8 Å². The molecule has 0 radical (unpaired) electrons. The summed E-state index contributed by atoms with van der Waals surface area (Å²) in [4.78, 5) is 11.3. The molecule has 0 fully saturated rings. The van der Waals surface area contributed by atoms with E-state index in [1.807, 2.05) is 30.3 Å². The van der Waals surface area contributed by atoms with Crippen LogP contribution in [0.1, 0.15) is 23.0 Å². The van der Waals surface area contributed by atoms with Crippen molar-refractivity contribution >= 4 is 5.78 Å². The van der Waals surface area contributed by atoms with Crippen molar-refractivity contribution in [1.82, 2.24) is 0 Å². The Kier molecular flexibility index (Phi) is 6.62. The first-order valence-electron chi connectivity index (χ1n) is 6.32. The van der Waals surface area contributed by atoms with E-state index in [0.717, 1.165) is 17.1 Å². The Balaban J connectivity index is 0.000000463. The monoisotopic (exact) mass is 342 g/mol. The minimum atomic E-state index is -4.94. The molecule has 0 saturated heterocycles. The van der Waals surface area contributed by atoms with Gasteiger partial charge in [0.15, 0.2) is 5.78 Å². The highest BCUT2D eigenvalue weighted by Gasteiger charge is 2.18. The second-order valence-electron chi connectivity index (χ2n) is 4.43. The zero-order valence-corrected chi connectivity index (χ0v) is 13.5. The van der Waals surface area contributed by atoms with Gasteiger partial charge < -0.3 is 4.74 Å². The third-order valence-corrected chi connectivity index (χ3v) is 2.80. The van der Waals surface area contributed by atoms with E-state index in [9.17, 15) is 4.79 Å². The summed E-state index contributed by atoms with van der Waals surface area (Å²) in [5, 5.41) is 0. The zero-order valence-electron chi connectivity index (χ0n) is 12.7. The van der Waals surface area contributed by atoms with E-state index in [2.05, 4.69) is 0 Å². The van der Waals surface area contributed by atoms with Crippen LogP contribution < -0.4 is 23.4 Å². The Hall–Kier alpha value is -2.03. The summed E-state index contributed by atoms with van der Waals surface area (Å²) in [6.45, 7) is 3.33. The van der Waals surface area contributed by atoms with Crippen LogP contribution in [0.2, 0.25) is 0 Å². The van der Waals surface area contributed by atoms with E-state index >= 15 is 0 Å². The second kappa shape index (κ2) is 8.00. The summed E-state index contributed by atoms with van der Waals surface area (Å²) >= 11 is 0. The van der Waals surface area contributed by atoms with Gasteiger partial charge in [-0.25, -0.2) is 23.1 Å². The lowest BCUT2D eigenvalue weighted by Crippen LogP contribution is -2.68. The molecule has 0 N–H and O–H groups in total. The van der Waals surface area contributed by atoms with Gasteiger partial charge in [-0.1, -0.05) is 0 Å². The van der Waals surface area contributed by atoms with Crippen molar-refractivity contribution in [3.05, 3.63) is 47.7 Å². The van der Waals surface area contributed by atoms with E-state index < -0.39 is 10.2 Å². The van der Waals surface area contributed by atoms with E-state index in [4.69, 9.17) is 27.8 Å². The standard InChI is InChI=1S/C15H15O3.ClHO4/c1-10(16)14-8-9-15(18-11(14)2)12-4-6-13(17-3)7-5-12;2-1(3,4)5/h4-9H,1-3H3;(H,2,3,4,5)/q+1;/p-1. The molecule has 0 saturated carbocycles. The molecule has 0 aliphatic rings. The molecule has 124 valence electrons. The van der Waals surface area contributed by atoms with Gasteiger partial charge in [-0.3, -0.25) is 4.79 Å². The van der Waals surface area contributed by atoms with Gasteiger partial charge >= 0.3 is 11.5 Å². The number of hydrogen-bond acceptors (Lipinski definition) is 6. The Morgan fingerprint density at radius 3 is 1.96 bits per heavy atom. The maximum Gasteiger partial charge on any atom is 0.360 e. The van der Waals surface area contributed by atoms with Crippen molar-refractivity contribution < 1.29 is 42.8 Å². The zero-order chi connectivity index (χ0) is 17.6. The van der Waals surface area contributed by atoms with Gasteiger partial charge in [0.25, 0.3) is 0 Å². The number of ketones is 1. The molecular weight excluding hydrogens is 328 g/mol. The Bertz CT molecular complexity index is 657. The number of carbonyl (C=O) groups excluding carboxylic acids is 1. The molecule has 2 rings (SSSR count). The number of benzene rings is 1. The van der Waals surface area contributed by atoms with Crippen molar-refractivity contribution in [3.63, 3.8) is 0 Å². The first-order valence-corrected chi connectivity index (χ1v) is 7.56. The van der Waals surface area contributed by atoms with E-state index in [1.54, 1.807) is 20.1 Å². The Morgan fingerprint density at radius 1 is 1.04 bits per heavy atom. The molecule has 1 heterocycles. The molecule has 0 aliphatic heterocycles. The van der Waals surface area contributed by atoms with Crippen LogP contribution in [-0.4, -0.2) is 12.9 Å². The molecule has 7 nitrogen and oxygen atoms in total. The molecule has 0 spiro atoms. The summed E-state index contributed by atoms with van der Waals surface area (Å²) in [7, 11) is -3.31. The molecule has 2 aromatic rings. The quantitative estimate of drug-likeness (QED) is 0.516. The number of rotatable bonds is 3. The molecule has 1 aromatic heterocycles. The number of ether oxygens (including phenoxy) is 1. The van der Waals surface area contributed by atoms with Gasteiger partial charge in [-0.2, -0.15) is 0 Å². The van der Waals surface area contributed by atoms with Crippen molar-refractivity contribution in [2.24, 2.45) is 0 Å². The Morgan fingerprint density at radius 2 is 1.57 bits per heavy atom. The lowest BCUT2D eigenvalue weighted by Gasteiger charge is -2.17. The Labute approximate surface area is 135 Å². The first-order chi connectivity index (χ1) is 10.6. The molecular formula is C15H15ClO7. The number of Topliss-reactive ketones (excluding diaryl/α,β-unsaturated/α-hetero) is 1. The van der Waals surface area contributed by atoms with E-state index in [0.29, 0.717) is 11.3 Å². The van der Waals surface area contributed by atoms with E-state index in [1.165, 1.54) is 6.92 Å². The lowest BCUT2D eigenvalue weighted by molar-refractivity contribution is -2.00. The number of aryl methyl sites for hydroxylation is 1. The van der Waals surface area contributed by atoms with Gasteiger partial charge in [0, 0.05) is 6.07 Å². The fourth-order valence-electron chi connectivity index (χ4n) is 1.81. The number of halogens is 1. The maximum atomic E-state index is 11.3. The van der Waals surface area contributed by atoms with Crippen LogP contribution in [0, 0.1) is 17.2 Å². The largest absolute Gasteiger partial charge is 0.497 e. The minimum absolute atomic E-state index is 0.0116. The van der Waals surface area contributed by atoms with Crippen LogP contribution in [-0.2, 0) is 0 Å². The molecule has 23 heavy (non-hydrogen) atoms. The average molecular weight is 343 g/mol. The fraction of sp³-hybridized carbons (Fsp3) is 0.200. The highest BCUT2D eigenvalue weighted by Crippen LogP contribution is 2.24. The summed E-state index contributed by atoms with van der Waals surface area (Å²) in [5.74, 6) is 2.18. The molecule has 1 aromatic carbocycles. The highest BCUT2D eigenvalue weighted by atomic mass is 35.7. The number of carbonyl (C=O) groups is 1. The number of methoxy groups -OCH3 is 1. The smallest absolute Gasteiger partial charge is 0.360 e. The topological polar surface area (TPSA) is 130 Å². The maximum absolute atomic E-state index is 11.3. The molecule has 0 bridgehead atoms. The molecule has 0 aliphatic carbocycles. The predicted molar refractivity (Wildman–Crippen MR) is 69.8 cm³/mol. The van der Waals surface area contributed by atoms with E-state index in [-0.39, 0.29) is 5.78 Å². The summed E-state index contributed by atoms with van der Waals surface area (Å²) in [6, 6.07) is 11.2. The van der Waals surface area contributed by atoms with Crippen molar-refractivity contribution in [1.29, 1.82) is 0 Å². The van der Waals surface area contributed by atoms with Gasteiger partial charge in [0.05, 0.1) is 19.6 Å². The van der Waals surface area contributed by atoms with Gasteiger partial charge in [-0.15, -0.1) is 10.2 Å². The van der Waals surface area contributed by atoms with Crippen molar-refractivity contribution in [2.75, 3.05) is 7.11 Å². The summed E-state index contributed by atoms with van der Waals surface area (Å²) in [6.07, 6.45) is 0. The van der Waals surface area contributed by atoms with Crippen LogP contribution in [0.4, 0.5) is 0 Å². The van der Waals surface area contributed by atoms with Crippen LogP contribution >= 0.6 is 0 Å². The minimum Gasteiger partial charge on any atom is -0.497 e. The first kappa shape index (κ1) is 19.0. The van der Waals surface area contributed by atoms with Crippen LogP contribution in [0.5, 0.6) is 5.75 Å². The molecule has 0 unspecified atom stereocenters. The third-order valence-electron chi connectivity index (χ3n) is 2.80. The molecule has 8 heteroatoms. The van der Waals surface area contributed by atoms with Gasteiger partial charge in [0.2, 0.25) is 0 Å². The van der Waals surface area contributed by atoms with Gasteiger partial charge in [-0.05, 0) is 37.3 Å². The van der Waals surface area contributed by atoms with Crippen molar-refractivity contribution in [3.8, 4) is 17.1 Å². The SMILES string of the molecule is COc1ccc(-c2ccc(C(C)=O)c(C)[o+]2)cc1.[O-][Cl+3]([O-])([O-])[O-]. The predicted octanol–water partition coefficient (Wildman–Crippen LogP) is -1.01. The molecule has 0 amide bonds. The second-order valence-corrected chi connectivity index (χ2v) is 5.19. The average Bonchev–Trinajstić information content (AvgIpc) is 2.45. The van der Waals surface area contributed by atoms with Crippen molar-refractivity contribution in [2.45, 2.75) is 13.8 Å². The summed E-state index contributed by atoms with van der Waals surface area (Å²) in [5.41, 5.74) is 1.57. The number of hydrogen-bond donors (Lipinski definition) is 0. The normalized spacial score (nSPS) is 10.6. The fourth-order valence-corrected chi connectivity index (χ4v) is 1.81. The van der Waals surface area contributed by atoms with Gasteiger partial charge in [0.1, 0.15) is 11.3 Å². The van der Waals surface area contributed by atoms with Crippen LogP contribution in [0.25, 0.3) is 11.3 Å². The molecule has 0 atom stereocenters. The lowest BCUT2D eigenvalue weighted by atomic mass is 10.1. The summed E-state index contributed by atoms with van der Waals surface area (Å²) < 4.78 is 44.7. The van der Waals surface area contributed by atoms with Crippen LogP contribution in [0.3, 0.4) is 0 Å².